The lowest BCUT2D eigenvalue weighted by atomic mass is 9.96. The van der Waals surface area contributed by atoms with Crippen LogP contribution in [0.5, 0.6) is 0 Å². The Kier molecular flexibility index (Phi) is 3.69. The van der Waals surface area contributed by atoms with E-state index in [4.69, 9.17) is 17.4 Å². The molecule has 6 nitrogen and oxygen atoms in total. The summed E-state index contributed by atoms with van der Waals surface area (Å²) in [6.07, 6.45) is 0. The highest BCUT2D eigenvalue weighted by atomic mass is 35.5. The van der Waals surface area contributed by atoms with Crippen molar-refractivity contribution in [2.45, 2.75) is 43.3 Å². The molecule has 0 aliphatic heterocycles. The molecule has 0 bridgehead atoms. The average Bonchev–Trinajstić information content (AvgIpc) is 2.58. The SMILES string of the molecule is Cc1nc(Cl)cc(Sc2nnc(C(C)(C)C)n2N)n1. The van der Waals surface area contributed by atoms with Crippen LogP contribution >= 0.6 is 23.4 Å². The summed E-state index contributed by atoms with van der Waals surface area (Å²) in [6, 6.07) is 1.67. The van der Waals surface area contributed by atoms with E-state index in [9.17, 15) is 0 Å². The van der Waals surface area contributed by atoms with Gasteiger partial charge in [0, 0.05) is 11.5 Å². The number of nitrogen functional groups attached to an aromatic ring is 1. The maximum Gasteiger partial charge on any atom is 0.216 e. The van der Waals surface area contributed by atoms with Gasteiger partial charge in [-0.25, -0.2) is 14.6 Å². The van der Waals surface area contributed by atoms with E-state index < -0.39 is 0 Å². The Morgan fingerprint density at radius 3 is 2.47 bits per heavy atom. The van der Waals surface area contributed by atoms with E-state index in [0.717, 1.165) is 0 Å². The highest BCUT2D eigenvalue weighted by Crippen LogP contribution is 2.28. The van der Waals surface area contributed by atoms with Crippen LogP contribution in [0.25, 0.3) is 0 Å². The first kappa shape index (κ1) is 14.1. The Morgan fingerprint density at radius 1 is 1.26 bits per heavy atom. The van der Waals surface area contributed by atoms with Crippen LogP contribution in [0.1, 0.15) is 32.4 Å². The van der Waals surface area contributed by atoms with Gasteiger partial charge in [-0.15, -0.1) is 10.2 Å². The first-order valence-electron chi connectivity index (χ1n) is 5.67. The number of halogens is 1. The van der Waals surface area contributed by atoms with Gasteiger partial charge in [-0.2, -0.15) is 0 Å². The second-order valence-corrected chi connectivity index (χ2v) is 6.48. The average molecular weight is 299 g/mol. The molecule has 19 heavy (non-hydrogen) atoms. The van der Waals surface area contributed by atoms with Gasteiger partial charge in [0.25, 0.3) is 0 Å². The molecule has 0 amide bonds. The lowest BCUT2D eigenvalue weighted by molar-refractivity contribution is 0.523. The summed E-state index contributed by atoms with van der Waals surface area (Å²) >= 11 is 7.20. The molecule has 0 saturated heterocycles. The second kappa shape index (κ2) is 4.97. The molecule has 2 aromatic rings. The van der Waals surface area contributed by atoms with Crippen LogP contribution in [0, 0.1) is 6.92 Å². The summed E-state index contributed by atoms with van der Waals surface area (Å²) in [5.41, 5.74) is -0.167. The number of nitrogens with zero attached hydrogens (tertiary/aromatic N) is 5. The van der Waals surface area contributed by atoms with Gasteiger partial charge in [0.05, 0.1) is 0 Å². The van der Waals surface area contributed by atoms with Crippen LogP contribution in [-0.2, 0) is 5.41 Å². The molecule has 0 saturated carbocycles. The number of aromatic nitrogens is 5. The van der Waals surface area contributed by atoms with E-state index in [0.29, 0.717) is 27.0 Å². The molecule has 0 aliphatic rings. The van der Waals surface area contributed by atoms with Crippen molar-refractivity contribution >= 4 is 23.4 Å². The van der Waals surface area contributed by atoms with Crippen molar-refractivity contribution in [3.05, 3.63) is 22.9 Å². The summed E-state index contributed by atoms with van der Waals surface area (Å²) < 4.78 is 1.48. The van der Waals surface area contributed by atoms with Gasteiger partial charge in [-0.3, -0.25) is 0 Å². The Hall–Kier alpha value is -1.34. The smallest absolute Gasteiger partial charge is 0.216 e. The predicted molar refractivity (Wildman–Crippen MR) is 74.8 cm³/mol. The van der Waals surface area contributed by atoms with E-state index in [-0.39, 0.29) is 5.41 Å². The summed E-state index contributed by atoms with van der Waals surface area (Å²) in [5.74, 6) is 7.33. The fraction of sp³-hybridized carbons (Fsp3) is 0.455. The summed E-state index contributed by atoms with van der Waals surface area (Å²) in [5, 5.41) is 9.86. The maximum atomic E-state index is 6.01. The minimum Gasteiger partial charge on any atom is -0.336 e. The second-order valence-electron chi connectivity index (χ2n) is 5.10. The predicted octanol–water partition coefficient (Wildman–Crippen LogP) is 2.19. The Bertz CT molecular complexity index is 583. The first-order chi connectivity index (χ1) is 8.77. The van der Waals surface area contributed by atoms with Crippen molar-refractivity contribution < 1.29 is 0 Å². The van der Waals surface area contributed by atoms with Crippen molar-refractivity contribution in [3.8, 4) is 0 Å². The Balaban J connectivity index is 2.32. The van der Waals surface area contributed by atoms with Gasteiger partial charge >= 0.3 is 0 Å². The molecule has 0 atom stereocenters. The van der Waals surface area contributed by atoms with E-state index in [1.807, 2.05) is 20.8 Å². The molecule has 2 heterocycles. The minimum absolute atomic E-state index is 0.167. The van der Waals surface area contributed by atoms with Crippen LogP contribution in [-0.4, -0.2) is 24.8 Å². The molecule has 0 unspecified atom stereocenters. The number of hydrogen-bond acceptors (Lipinski definition) is 6. The van der Waals surface area contributed by atoms with Crippen LogP contribution in [0.4, 0.5) is 0 Å². The number of rotatable bonds is 2. The summed E-state index contributed by atoms with van der Waals surface area (Å²) in [4.78, 5) is 8.28. The van der Waals surface area contributed by atoms with Crippen LogP contribution in [0.3, 0.4) is 0 Å². The zero-order valence-corrected chi connectivity index (χ0v) is 12.7. The third-order valence-corrected chi connectivity index (χ3v) is 3.39. The third kappa shape index (κ3) is 3.16. The lowest BCUT2D eigenvalue weighted by Gasteiger charge is -2.16. The van der Waals surface area contributed by atoms with E-state index >= 15 is 0 Å². The molecule has 0 aliphatic carbocycles. The van der Waals surface area contributed by atoms with Crippen molar-refractivity contribution in [1.29, 1.82) is 0 Å². The molecular formula is C11H15ClN6S. The maximum absolute atomic E-state index is 6.01. The highest BCUT2D eigenvalue weighted by Gasteiger charge is 2.23. The van der Waals surface area contributed by atoms with Crippen molar-refractivity contribution in [2.24, 2.45) is 0 Å². The number of aryl methyl sites for hydroxylation is 1. The van der Waals surface area contributed by atoms with Gasteiger partial charge < -0.3 is 5.84 Å². The zero-order chi connectivity index (χ0) is 14.2. The molecule has 0 aromatic carbocycles. The molecule has 0 radical (unpaired) electrons. The van der Waals surface area contributed by atoms with Crippen LogP contribution < -0.4 is 5.84 Å². The van der Waals surface area contributed by atoms with Crippen LogP contribution in [0.2, 0.25) is 5.15 Å². The molecular weight excluding hydrogens is 284 g/mol. The van der Waals surface area contributed by atoms with Crippen molar-refractivity contribution in [2.75, 3.05) is 5.84 Å². The first-order valence-corrected chi connectivity index (χ1v) is 6.87. The van der Waals surface area contributed by atoms with Gasteiger partial charge in [0.1, 0.15) is 16.0 Å². The van der Waals surface area contributed by atoms with Crippen LogP contribution in [0.15, 0.2) is 16.2 Å². The quantitative estimate of drug-likeness (QED) is 0.676. The largest absolute Gasteiger partial charge is 0.336 e. The highest BCUT2D eigenvalue weighted by molar-refractivity contribution is 7.99. The Morgan fingerprint density at radius 2 is 1.95 bits per heavy atom. The standard InChI is InChI=1S/C11H15ClN6S/c1-6-14-7(12)5-8(15-6)19-10-17-16-9(18(10)13)11(2,3)4/h5H,13H2,1-4H3. The molecule has 2 aromatic heterocycles. The monoisotopic (exact) mass is 298 g/mol. The lowest BCUT2D eigenvalue weighted by Crippen LogP contribution is -2.24. The number of hydrogen-bond donors (Lipinski definition) is 1. The van der Waals surface area contributed by atoms with Crippen molar-refractivity contribution in [1.82, 2.24) is 24.8 Å². The molecule has 0 fully saturated rings. The number of nitrogens with two attached hydrogens (primary N) is 1. The van der Waals surface area contributed by atoms with Crippen molar-refractivity contribution in [3.63, 3.8) is 0 Å². The van der Waals surface area contributed by atoms with Gasteiger partial charge in [0.15, 0.2) is 5.82 Å². The molecule has 2 N–H and O–H groups in total. The third-order valence-electron chi connectivity index (χ3n) is 2.31. The minimum atomic E-state index is -0.167. The topological polar surface area (TPSA) is 82.5 Å². The molecule has 8 heteroatoms. The molecule has 2 rings (SSSR count). The fourth-order valence-electron chi connectivity index (χ4n) is 1.51. The van der Waals surface area contributed by atoms with E-state index in [1.54, 1.807) is 13.0 Å². The Labute approximate surface area is 120 Å². The van der Waals surface area contributed by atoms with Gasteiger partial charge in [-0.05, 0) is 18.7 Å². The van der Waals surface area contributed by atoms with E-state index in [1.165, 1.54) is 16.4 Å². The molecule has 102 valence electrons. The van der Waals surface area contributed by atoms with Gasteiger partial charge in [0.2, 0.25) is 5.16 Å². The zero-order valence-electron chi connectivity index (χ0n) is 11.2. The summed E-state index contributed by atoms with van der Waals surface area (Å²) in [6.45, 7) is 7.87. The van der Waals surface area contributed by atoms with Gasteiger partial charge in [-0.1, -0.05) is 32.4 Å². The normalized spacial score (nSPS) is 11.8. The summed E-state index contributed by atoms with van der Waals surface area (Å²) in [7, 11) is 0. The fourth-order valence-corrected chi connectivity index (χ4v) is 2.60. The van der Waals surface area contributed by atoms with E-state index in [2.05, 4.69) is 20.2 Å². The molecule has 0 spiro atoms.